The van der Waals surface area contributed by atoms with Crippen LogP contribution >= 0.6 is 0 Å². The number of aryl methyl sites for hydroxylation is 2. The van der Waals surface area contributed by atoms with Crippen molar-refractivity contribution in [3.63, 3.8) is 0 Å². The summed E-state index contributed by atoms with van der Waals surface area (Å²) in [4.78, 5) is 9.01. The predicted molar refractivity (Wildman–Crippen MR) is 75.8 cm³/mol. The highest BCUT2D eigenvalue weighted by Gasteiger charge is 2.10. The van der Waals surface area contributed by atoms with Crippen LogP contribution in [-0.2, 0) is 6.54 Å². The average molecular weight is 259 g/mol. The number of hydrogen-bond acceptors (Lipinski definition) is 4. The van der Waals surface area contributed by atoms with Crippen molar-refractivity contribution in [3.05, 3.63) is 35.3 Å². The first-order chi connectivity index (χ1) is 9.06. The van der Waals surface area contributed by atoms with Gasteiger partial charge in [-0.2, -0.15) is 0 Å². The summed E-state index contributed by atoms with van der Waals surface area (Å²) in [5.41, 5.74) is 3.02. The molecule has 0 amide bonds. The summed E-state index contributed by atoms with van der Waals surface area (Å²) in [5, 5.41) is 3.39. The number of hydrogen-bond donors (Lipinski definition) is 1. The molecule has 1 N–H and O–H groups in total. The minimum absolute atomic E-state index is 0.634. The highest BCUT2D eigenvalue weighted by Crippen LogP contribution is 2.21. The largest absolute Gasteiger partial charge is 0.461 e. The smallest absolute Gasteiger partial charge is 0.196 e. The van der Waals surface area contributed by atoms with Gasteiger partial charge in [0, 0.05) is 12.2 Å². The molecule has 0 radical (unpaired) electrons. The fourth-order valence-corrected chi connectivity index (χ4v) is 1.92. The van der Waals surface area contributed by atoms with Crippen LogP contribution in [-0.4, -0.2) is 16.5 Å². The molecule has 0 aliphatic carbocycles. The third kappa shape index (κ3) is 3.64. The van der Waals surface area contributed by atoms with E-state index in [1.165, 1.54) is 0 Å². The van der Waals surface area contributed by atoms with Gasteiger partial charge in [-0.1, -0.05) is 13.8 Å². The van der Waals surface area contributed by atoms with Crippen LogP contribution < -0.4 is 5.32 Å². The second-order valence-corrected chi connectivity index (χ2v) is 5.28. The molecule has 0 saturated carbocycles. The maximum Gasteiger partial charge on any atom is 0.196 e. The quantitative estimate of drug-likeness (QED) is 0.896. The fraction of sp³-hybridized carbons (Fsp3) is 0.467. The highest BCUT2D eigenvalue weighted by molar-refractivity contribution is 5.52. The molecular weight excluding hydrogens is 238 g/mol. The molecule has 0 aliphatic rings. The number of rotatable bonds is 5. The minimum atomic E-state index is 0.634. The molecule has 0 unspecified atom stereocenters. The Morgan fingerprint density at radius 1 is 1.26 bits per heavy atom. The molecule has 2 heterocycles. The van der Waals surface area contributed by atoms with E-state index >= 15 is 0 Å². The molecule has 0 atom stereocenters. The lowest BCUT2D eigenvalue weighted by Crippen LogP contribution is -2.20. The van der Waals surface area contributed by atoms with E-state index in [9.17, 15) is 0 Å². The lowest BCUT2D eigenvalue weighted by atomic mass is 10.2. The van der Waals surface area contributed by atoms with Crippen molar-refractivity contribution < 1.29 is 4.42 Å². The standard InChI is InChI=1S/C15H21N3O/c1-10(2)8-16-9-13-7-12(4)17-15(18-13)14-11(3)5-6-19-14/h5-7,10,16H,8-9H2,1-4H3. The molecule has 0 spiro atoms. The molecule has 19 heavy (non-hydrogen) atoms. The molecule has 0 aliphatic heterocycles. The van der Waals surface area contributed by atoms with Gasteiger partial charge in [0.15, 0.2) is 11.6 Å². The van der Waals surface area contributed by atoms with Crippen LogP contribution in [0.1, 0.15) is 30.8 Å². The average Bonchev–Trinajstić information content (AvgIpc) is 2.74. The molecule has 4 heteroatoms. The van der Waals surface area contributed by atoms with Gasteiger partial charge in [0.1, 0.15) is 0 Å². The first-order valence-electron chi connectivity index (χ1n) is 6.66. The summed E-state index contributed by atoms with van der Waals surface area (Å²) in [6.07, 6.45) is 1.67. The predicted octanol–water partition coefficient (Wildman–Crippen LogP) is 3.10. The lowest BCUT2D eigenvalue weighted by molar-refractivity contribution is 0.546. The number of nitrogens with zero attached hydrogens (tertiary/aromatic N) is 2. The Kier molecular flexibility index (Phi) is 4.32. The van der Waals surface area contributed by atoms with Gasteiger partial charge in [0.05, 0.1) is 12.0 Å². The molecule has 0 bridgehead atoms. The molecule has 2 aromatic rings. The van der Waals surface area contributed by atoms with E-state index in [-0.39, 0.29) is 0 Å². The topological polar surface area (TPSA) is 51.0 Å². The van der Waals surface area contributed by atoms with Crippen molar-refractivity contribution in [2.45, 2.75) is 34.2 Å². The van der Waals surface area contributed by atoms with Gasteiger partial charge in [-0.05, 0) is 44.0 Å². The summed E-state index contributed by atoms with van der Waals surface area (Å²) < 4.78 is 5.46. The zero-order valence-corrected chi connectivity index (χ0v) is 12.0. The lowest BCUT2D eigenvalue weighted by Gasteiger charge is -2.08. The van der Waals surface area contributed by atoms with Gasteiger partial charge in [-0.3, -0.25) is 0 Å². The summed E-state index contributed by atoms with van der Waals surface area (Å²) in [5.74, 6) is 2.06. The molecule has 2 aromatic heterocycles. The molecule has 0 fully saturated rings. The Labute approximate surface area is 114 Å². The first kappa shape index (κ1) is 13.7. The highest BCUT2D eigenvalue weighted by atomic mass is 16.3. The Bertz CT molecular complexity index is 546. The van der Waals surface area contributed by atoms with E-state index in [0.717, 1.165) is 35.8 Å². The summed E-state index contributed by atoms with van der Waals surface area (Å²) in [6, 6.07) is 3.94. The Morgan fingerprint density at radius 2 is 2.05 bits per heavy atom. The molecule has 4 nitrogen and oxygen atoms in total. The zero-order valence-electron chi connectivity index (χ0n) is 12.0. The number of furan rings is 1. The number of aromatic nitrogens is 2. The summed E-state index contributed by atoms with van der Waals surface area (Å²) in [7, 11) is 0. The SMILES string of the molecule is Cc1cc(CNCC(C)C)nc(-c2occc2C)n1. The van der Waals surface area contributed by atoms with E-state index in [0.29, 0.717) is 11.7 Å². The Hall–Kier alpha value is -1.68. The third-order valence-electron chi connectivity index (χ3n) is 2.83. The van der Waals surface area contributed by atoms with E-state index in [1.54, 1.807) is 6.26 Å². The molecule has 0 aromatic carbocycles. The van der Waals surface area contributed by atoms with Crippen LogP contribution in [0.15, 0.2) is 22.8 Å². The van der Waals surface area contributed by atoms with Crippen molar-refractivity contribution in [1.82, 2.24) is 15.3 Å². The first-order valence-corrected chi connectivity index (χ1v) is 6.66. The van der Waals surface area contributed by atoms with Gasteiger partial charge in [0.25, 0.3) is 0 Å². The molecular formula is C15H21N3O. The Balaban J connectivity index is 2.18. The van der Waals surface area contributed by atoms with E-state index < -0.39 is 0 Å². The van der Waals surface area contributed by atoms with Crippen molar-refractivity contribution in [3.8, 4) is 11.6 Å². The van der Waals surface area contributed by atoms with Crippen LogP contribution in [0.3, 0.4) is 0 Å². The van der Waals surface area contributed by atoms with E-state index in [4.69, 9.17) is 4.42 Å². The third-order valence-corrected chi connectivity index (χ3v) is 2.83. The van der Waals surface area contributed by atoms with Crippen molar-refractivity contribution >= 4 is 0 Å². The van der Waals surface area contributed by atoms with Crippen LogP contribution in [0.25, 0.3) is 11.6 Å². The number of nitrogens with one attached hydrogen (secondary N) is 1. The van der Waals surface area contributed by atoms with Gasteiger partial charge in [0.2, 0.25) is 0 Å². The summed E-state index contributed by atoms with van der Waals surface area (Å²) in [6.45, 7) is 10.1. The van der Waals surface area contributed by atoms with Crippen molar-refractivity contribution in [2.75, 3.05) is 6.54 Å². The fourth-order valence-electron chi connectivity index (χ4n) is 1.92. The van der Waals surface area contributed by atoms with Gasteiger partial charge >= 0.3 is 0 Å². The second-order valence-electron chi connectivity index (χ2n) is 5.28. The van der Waals surface area contributed by atoms with Crippen molar-refractivity contribution in [2.24, 2.45) is 5.92 Å². The molecule has 0 saturated heterocycles. The summed E-state index contributed by atoms with van der Waals surface area (Å²) >= 11 is 0. The van der Waals surface area contributed by atoms with Crippen LogP contribution in [0.4, 0.5) is 0 Å². The van der Waals surface area contributed by atoms with Gasteiger partial charge in [-0.25, -0.2) is 9.97 Å². The monoisotopic (exact) mass is 259 g/mol. The minimum Gasteiger partial charge on any atom is -0.461 e. The van der Waals surface area contributed by atoms with E-state index in [1.807, 2.05) is 26.0 Å². The molecule has 2 rings (SSSR count). The van der Waals surface area contributed by atoms with Gasteiger partial charge in [-0.15, -0.1) is 0 Å². The zero-order chi connectivity index (χ0) is 13.8. The van der Waals surface area contributed by atoms with Crippen LogP contribution in [0.2, 0.25) is 0 Å². The van der Waals surface area contributed by atoms with Gasteiger partial charge < -0.3 is 9.73 Å². The Morgan fingerprint density at radius 3 is 2.68 bits per heavy atom. The van der Waals surface area contributed by atoms with E-state index in [2.05, 4.69) is 29.1 Å². The second kappa shape index (κ2) is 5.97. The maximum absolute atomic E-state index is 5.46. The maximum atomic E-state index is 5.46. The molecule has 102 valence electrons. The van der Waals surface area contributed by atoms with Crippen LogP contribution in [0.5, 0.6) is 0 Å². The normalized spacial score (nSPS) is 11.2. The van der Waals surface area contributed by atoms with Crippen molar-refractivity contribution in [1.29, 1.82) is 0 Å². The van der Waals surface area contributed by atoms with Crippen LogP contribution in [0, 0.1) is 19.8 Å².